The van der Waals surface area contributed by atoms with E-state index in [4.69, 9.17) is 0 Å². The summed E-state index contributed by atoms with van der Waals surface area (Å²) >= 11 is 0. The van der Waals surface area contributed by atoms with E-state index < -0.39 is 0 Å². The number of hydrogen-bond donors (Lipinski definition) is 1. The zero-order valence-corrected chi connectivity index (χ0v) is 20.1. The van der Waals surface area contributed by atoms with Gasteiger partial charge in [0.2, 0.25) is 5.91 Å². The lowest BCUT2D eigenvalue weighted by Crippen LogP contribution is -2.50. The molecule has 5 aliphatic rings. The summed E-state index contributed by atoms with van der Waals surface area (Å²) in [5.41, 5.74) is 2.43. The van der Waals surface area contributed by atoms with Crippen LogP contribution in [-0.4, -0.2) is 35.1 Å². The molecule has 3 saturated carbocycles. The maximum atomic E-state index is 12.6. The zero-order valence-electron chi connectivity index (χ0n) is 20.1. The van der Waals surface area contributed by atoms with Crippen molar-refractivity contribution in [2.24, 2.45) is 34.5 Å². The van der Waals surface area contributed by atoms with E-state index in [0.29, 0.717) is 16.7 Å². The Morgan fingerprint density at radius 3 is 2.68 bits per heavy atom. The third-order valence-corrected chi connectivity index (χ3v) is 10.9. The summed E-state index contributed by atoms with van der Waals surface area (Å²) in [4.78, 5) is 14.7. The number of carbonyl (C=O) groups is 1. The van der Waals surface area contributed by atoms with Crippen LogP contribution in [-0.2, 0) is 4.79 Å². The second-order valence-electron chi connectivity index (χ2n) is 12.3. The van der Waals surface area contributed by atoms with E-state index in [2.05, 4.69) is 24.8 Å². The summed E-state index contributed by atoms with van der Waals surface area (Å²) in [5.74, 6) is 3.79. The van der Waals surface area contributed by atoms with Crippen molar-refractivity contribution in [2.75, 3.05) is 13.1 Å². The Labute approximate surface area is 190 Å². The topological polar surface area (TPSA) is 40.5 Å². The third kappa shape index (κ3) is 3.81. The Balaban J connectivity index is 1.21. The molecule has 1 saturated heterocycles. The van der Waals surface area contributed by atoms with E-state index in [1.165, 1.54) is 64.2 Å². The molecule has 0 bridgehead atoms. The SMILES string of the molecule is CC12CCC(O)CC1=CCC1C2CCC2(C)C(CCCC(=O)N3CCCCC3)CCC12. The molecular formula is C28H45NO2. The Bertz CT molecular complexity index is 710. The number of fused-ring (bicyclic) bond motifs is 5. The first kappa shape index (κ1) is 22.0. The maximum Gasteiger partial charge on any atom is 0.222 e. The van der Waals surface area contributed by atoms with Crippen molar-refractivity contribution < 1.29 is 9.90 Å². The van der Waals surface area contributed by atoms with Crippen molar-refractivity contribution in [1.82, 2.24) is 4.90 Å². The molecule has 3 nitrogen and oxygen atoms in total. The fraction of sp³-hybridized carbons (Fsp3) is 0.893. The first-order valence-corrected chi connectivity index (χ1v) is 13.6. The molecule has 0 aromatic carbocycles. The number of piperidine rings is 1. The lowest BCUT2D eigenvalue weighted by Gasteiger charge is -2.58. The first-order chi connectivity index (χ1) is 14.9. The number of carbonyl (C=O) groups excluding carboxylic acids is 1. The van der Waals surface area contributed by atoms with Gasteiger partial charge in [0.15, 0.2) is 0 Å². The molecule has 5 rings (SSSR count). The van der Waals surface area contributed by atoms with E-state index in [1.54, 1.807) is 5.57 Å². The highest BCUT2D eigenvalue weighted by Gasteiger charge is 2.58. The molecule has 1 aliphatic heterocycles. The molecule has 174 valence electrons. The molecule has 7 atom stereocenters. The van der Waals surface area contributed by atoms with Crippen LogP contribution in [0.25, 0.3) is 0 Å². The van der Waals surface area contributed by atoms with Gasteiger partial charge in [-0.2, -0.15) is 0 Å². The number of amides is 1. The second kappa shape index (κ2) is 8.50. The summed E-state index contributed by atoms with van der Waals surface area (Å²) in [6.45, 7) is 7.14. The molecule has 1 heterocycles. The lowest BCUT2D eigenvalue weighted by atomic mass is 9.47. The fourth-order valence-electron chi connectivity index (χ4n) is 9.03. The Hall–Kier alpha value is -0.830. The van der Waals surface area contributed by atoms with Crippen LogP contribution in [0.1, 0.15) is 104 Å². The van der Waals surface area contributed by atoms with Crippen molar-refractivity contribution >= 4 is 5.91 Å². The molecule has 0 aromatic heterocycles. The molecule has 1 N–H and O–H groups in total. The van der Waals surface area contributed by atoms with Crippen LogP contribution in [0.2, 0.25) is 0 Å². The largest absolute Gasteiger partial charge is 0.393 e. The highest BCUT2D eigenvalue weighted by Crippen LogP contribution is 2.66. The molecule has 4 aliphatic carbocycles. The molecule has 7 unspecified atom stereocenters. The van der Waals surface area contributed by atoms with Crippen molar-refractivity contribution in [3.63, 3.8) is 0 Å². The van der Waals surface area contributed by atoms with Crippen LogP contribution in [0, 0.1) is 34.5 Å². The number of rotatable bonds is 4. The van der Waals surface area contributed by atoms with Crippen LogP contribution in [0.3, 0.4) is 0 Å². The minimum atomic E-state index is -0.103. The van der Waals surface area contributed by atoms with Crippen LogP contribution >= 0.6 is 0 Å². The van der Waals surface area contributed by atoms with E-state index in [9.17, 15) is 9.90 Å². The molecule has 1 amide bonds. The van der Waals surface area contributed by atoms with Crippen LogP contribution in [0.15, 0.2) is 11.6 Å². The number of likely N-dealkylation sites (tertiary alicyclic amines) is 1. The Morgan fingerprint density at radius 1 is 1.06 bits per heavy atom. The minimum Gasteiger partial charge on any atom is -0.393 e. The van der Waals surface area contributed by atoms with Gasteiger partial charge in [-0.15, -0.1) is 0 Å². The predicted molar refractivity (Wildman–Crippen MR) is 125 cm³/mol. The van der Waals surface area contributed by atoms with Crippen molar-refractivity contribution in [3.8, 4) is 0 Å². The van der Waals surface area contributed by atoms with Gasteiger partial charge in [0, 0.05) is 19.5 Å². The Kier molecular flexibility index (Phi) is 6.03. The van der Waals surface area contributed by atoms with Crippen LogP contribution in [0.4, 0.5) is 0 Å². The highest BCUT2D eigenvalue weighted by molar-refractivity contribution is 5.76. The third-order valence-electron chi connectivity index (χ3n) is 10.9. The Morgan fingerprint density at radius 2 is 1.87 bits per heavy atom. The number of aliphatic hydroxyl groups excluding tert-OH is 1. The zero-order chi connectivity index (χ0) is 21.6. The van der Waals surface area contributed by atoms with Crippen LogP contribution in [0.5, 0.6) is 0 Å². The van der Waals surface area contributed by atoms with Gasteiger partial charge in [0.1, 0.15) is 0 Å². The predicted octanol–water partition coefficient (Wildman–Crippen LogP) is 6.11. The lowest BCUT2D eigenvalue weighted by molar-refractivity contribution is -0.132. The van der Waals surface area contributed by atoms with Crippen molar-refractivity contribution in [3.05, 3.63) is 11.6 Å². The summed E-state index contributed by atoms with van der Waals surface area (Å²) in [6.07, 6.45) is 19.2. The van der Waals surface area contributed by atoms with Gasteiger partial charge in [-0.1, -0.05) is 25.5 Å². The van der Waals surface area contributed by atoms with Gasteiger partial charge < -0.3 is 10.0 Å². The summed E-state index contributed by atoms with van der Waals surface area (Å²) in [5, 5.41) is 10.2. The van der Waals surface area contributed by atoms with E-state index in [1.807, 2.05) is 0 Å². The molecule has 4 fully saturated rings. The van der Waals surface area contributed by atoms with Gasteiger partial charge >= 0.3 is 0 Å². The highest BCUT2D eigenvalue weighted by atomic mass is 16.3. The van der Waals surface area contributed by atoms with E-state index in [0.717, 1.165) is 62.4 Å². The van der Waals surface area contributed by atoms with Gasteiger partial charge in [0.05, 0.1) is 6.10 Å². The van der Waals surface area contributed by atoms with Crippen molar-refractivity contribution in [2.45, 2.75) is 110 Å². The molecule has 0 aromatic rings. The monoisotopic (exact) mass is 427 g/mol. The minimum absolute atomic E-state index is 0.103. The fourth-order valence-corrected chi connectivity index (χ4v) is 9.03. The molecule has 3 heteroatoms. The van der Waals surface area contributed by atoms with E-state index >= 15 is 0 Å². The molecule has 0 spiro atoms. The number of nitrogens with zero attached hydrogens (tertiary/aromatic N) is 1. The number of aliphatic hydroxyl groups is 1. The standard InChI is InChI=1S/C28H45NO2/c1-27-16-14-25-23(11-9-21-19-22(30)13-15-28(21,25)2)24(27)12-10-20(27)7-6-8-26(31)29-17-4-3-5-18-29/h9,20,22-25,30H,3-8,10-19H2,1-2H3. The average molecular weight is 428 g/mol. The van der Waals surface area contributed by atoms with Gasteiger partial charge in [0.25, 0.3) is 0 Å². The summed E-state index contributed by atoms with van der Waals surface area (Å²) < 4.78 is 0. The van der Waals surface area contributed by atoms with Gasteiger partial charge in [-0.25, -0.2) is 0 Å². The first-order valence-electron chi connectivity index (χ1n) is 13.6. The normalized spacial score (nSPS) is 44.8. The second-order valence-corrected chi connectivity index (χ2v) is 12.3. The number of hydrogen-bond acceptors (Lipinski definition) is 2. The van der Waals surface area contributed by atoms with E-state index in [-0.39, 0.29) is 6.10 Å². The maximum absolute atomic E-state index is 12.6. The molecule has 0 radical (unpaired) electrons. The smallest absolute Gasteiger partial charge is 0.222 e. The molecule has 31 heavy (non-hydrogen) atoms. The van der Waals surface area contributed by atoms with Gasteiger partial charge in [-0.3, -0.25) is 4.79 Å². The average Bonchev–Trinajstić information content (AvgIpc) is 3.11. The molecular weight excluding hydrogens is 382 g/mol. The van der Waals surface area contributed by atoms with Crippen molar-refractivity contribution in [1.29, 1.82) is 0 Å². The van der Waals surface area contributed by atoms with Crippen LogP contribution < -0.4 is 0 Å². The summed E-state index contributed by atoms with van der Waals surface area (Å²) in [7, 11) is 0. The quantitative estimate of drug-likeness (QED) is 0.550. The number of allylic oxidation sites excluding steroid dienone is 1. The van der Waals surface area contributed by atoms with Gasteiger partial charge in [-0.05, 0) is 118 Å². The summed E-state index contributed by atoms with van der Waals surface area (Å²) in [6, 6.07) is 0.